The lowest BCUT2D eigenvalue weighted by atomic mass is 9.84. The second-order valence-electron chi connectivity index (χ2n) is 4.85. The molecule has 0 aliphatic rings. The van der Waals surface area contributed by atoms with Crippen LogP contribution in [0.4, 0.5) is 0 Å². The third kappa shape index (κ3) is 4.42. The number of hydrogen-bond acceptors (Lipinski definition) is 2. The van der Waals surface area contributed by atoms with Gasteiger partial charge in [-0.1, -0.05) is 40.5 Å². The van der Waals surface area contributed by atoms with E-state index >= 15 is 0 Å². The summed E-state index contributed by atoms with van der Waals surface area (Å²) in [5, 5.41) is 10.4. The maximum absolute atomic E-state index is 10.4. The minimum absolute atomic E-state index is 0.323. The third-order valence-electron chi connectivity index (χ3n) is 3.64. The molecule has 0 radical (unpaired) electrons. The van der Waals surface area contributed by atoms with Crippen molar-refractivity contribution < 1.29 is 9.84 Å². The van der Waals surface area contributed by atoms with E-state index in [0.717, 1.165) is 19.3 Å². The summed E-state index contributed by atoms with van der Waals surface area (Å²) in [6.07, 6.45) is 4.68. The van der Waals surface area contributed by atoms with Gasteiger partial charge in [-0.2, -0.15) is 0 Å². The molecule has 0 saturated carbocycles. The van der Waals surface area contributed by atoms with Crippen LogP contribution in [0, 0.1) is 5.92 Å². The Hall–Kier alpha value is -0.0800. The van der Waals surface area contributed by atoms with Crippen molar-refractivity contribution in [2.24, 2.45) is 5.92 Å². The van der Waals surface area contributed by atoms with Crippen LogP contribution in [0.2, 0.25) is 0 Å². The molecule has 0 amide bonds. The minimum Gasteiger partial charge on any atom is -0.390 e. The van der Waals surface area contributed by atoms with Crippen molar-refractivity contribution in [3.05, 3.63) is 0 Å². The summed E-state index contributed by atoms with van der Waals surface area (Å²) in [4.78, 5) is 0. The number of aliphatic hydroxyl groups excluding tert-OH is 1. The van der Waals surface area contributed by atoms with Gasteiger partial charge < -0.3 is 9.84 Å². The molecule has 0 saturated heterocycles. The van der Waals surface area contributed by atoms with E-state index in [1.165, 1.54) is 12.8 Å². The summed E-state index contributed by atoms with van der Waals surface area (Å²) in [6, 6.07) is 0. The number of hydrogen-bond donors (Lipinski definition) is 1. The van der Waals surface area contributed by atoms with Gasteiger partial charge in [0.05, 0.1) is 11.7 Å². The topological polar surface area (TPSA) is 29.5 Å². The third-order valence-corrected chi connectivity index (χ3v) is 3.64. The fourth-order valence-corrected chi connectivity index (χ4v) is 2.52. The SMILES string of the molecule is CCCC(C)CC(O)C(CC)(CC)OCC. The lowest BCUT2D eigenvalue weighted by molar-refractivity contribution is -0.131. The fraction of sp³-hybridized carbons (Fsp3) is 1.00. The van der Waals surface area contributed by atoms with Crippen molar-refractivity contribution in [1.29, 1.82) is 0 Å². The maximum Gasteiger partial charge on any atom is 0.0934 e. The van der Waals surface area contributed by atoms with Gasteiger partial charge in [0, 0.05) is 6.61 Å². The molecule has 0 aliphatic carbocycles. The zero-order valence-corrected chi connectivity index (χ0v) is 11.8. The zero-order chi connectivity index (χ0) is 12.6. The molecule has 0 fully saturated rings. The zero-order valence-electron chi connectivity index (χ0n) is 11.8. The summed E-state index contributed by atoms with van der Waals surface area (Å²) >= 11 is 0. The van der Waals surface area contributed by atoms with Crippen LogP contribution in [0.5, 0.6) is 0 Å². The van der Waals surface area contributed by atoms with Crippen molar-refractivity contribution >= 4 is 0 Å². The molecular weight excluding hydrogens is 200 g/mol. The van der Waals surface area contributed by atoms with Crippen molar-refractivity contribution in [1.82, 2.24) is 0 Å². The Balaban J connectivity index is 4.41. The van der Waals surface area contributed by atoms with Crippen molar-refractivity contribution in [2.45, 2.75) is 78.4 Å². The van der Waals surface area contributed by atoms with Crippen LogP contribution in [0.15, 0.2) is 0 Å². The van der Waals surface area contributed by atoms with Crippen LogP contribution in [0.1, 0.15) is 66.7 Å². The quantitative estimate of drug-likeness (QED) is 0.653. The molecule has 2 atom stereocenters. The van der Waals surface area contributed by atoms with Gasteiger partial charge in [0.25, 0.3) is 0 Å². The van der Waals surface area contributed by atoms with Gasteiger partial charge in [0.1, 0.15) is 0 Å². The highest BCUT2D eigenvalue weighted by molar-refractivity contribution is 4.87. The van der Waals surface area contributed by atoms with Crippen molar-refractivity contribution in [3.8, 4) is 0 Å². The molecule has 0 aromatic heterocycles. The largest absolute Gasteiger partial charge is 0.390 e. The van der Waals surface area contributed by atoms with E-state index in [0.29, 0.717) is 12.5 Å². The molecule has 2 unspecified atom stereocenters. The number of ether oxygens (including phenoxy) is 1. The Labute approximate surface area is 101 Å². The minimum atomic E-state index is -0.330. The summed E-state index contributed by atoms with van der Waals surface area (Å²) in [6.45, 7) is 11.3. The molecule has 16 heavy (non-hydrogen) atoms. The van der Waals surface area contributed by atoms with Crippen LogP contribution in [0.3, 0.4) is 0 Å². The Morgan fingerprint density at radius 3 is 2.06 bits per heavy atom. The molecule has 2 heteroatoms. The Morgan fingerprint density at radius 2 is 1.69 bits per heavy atom. The average molecular weight is 230 g/mol. The fourth-order valence-electron chi connectivity index (χ4n) is 2.52. The molecule has 0 rings (SSSR count). The number of rotatable bonds is 9. The van der Waals surface area contributed by atoms with E-state index < -0.39 is 0 Å². The van der Waals surface area contributed by atoms with Gasteiger partial charge in [0.15, 0.2) is 0 Å². The van der Waals surface area contributed by atoms with Gasteiger partial charge in [-0.25, -0.2) is 0 Å². The molecule has 0 bridgehead atoms. The van der Waals surface area contributed by atoms with Crippen LogP contribution in [-0.4, -0.2) is 23.4 Å². The molecule has 0 aliphatic heterocycles. The lowest BCUT2D eigenvalue weighted by Crippen LogP contribution is -2.44. The van der Waals surface area contributed by atoms with E-state index in [9.17, 15) is 5.11 Å². The Morgan fingerprint density at radius 1 is 1.12 bits per heavy atom. The van der Waals surface area contributed by atoms with Gasteiger partial charge >= 0.3 is 0 Å². The molecule has 98 valence electrons. The van der Waals surface area contributed by atoms with E-state index in [1.807, 2.05) is 6.92 Å². The predicted molar refractivity (Wildman–Crippen MR) is 69.6 cm³/mol. The van der Waals surface area contributed by atoms with E-state index in [2.05, 4.69) is 27.7 Å². The van der Waals surface area contributed by atoms with E-state index in [4.69, 9.17) is 4.74 Å². The summed E-state index contributed by atoms with van der Waals surface area (Å²) in [5.74, 6) is 0.581. The highest BCUT2D eigenvalue weighted by Crippen LogP contribution is 2.29. The van der Waals surface area contributed by atoms with Gasteiger partial charge in [-0.15, -0.1) is 0 Å². The molecular formula is C14H30O2. The average Bonchev–Trinajstić information content (AvgIpc) is 2.26. The monoisotopic (exact) mass is 230 g/mol. The smallest absolute Gasteiger partial charge is 0.0934 e. The molecule has 0 heterocycles. The van der Waals surface area contributed by atoms with Crippen LogP contribution < -0.4 is 0 Å². The maximum atomic E-state index is 10.4. The highest BCUT2D eigenvalue weighted by atomic mass is 16.5. The van der Waals surface area contributed by atoms with Crippen LogP contribution >= 0.6 is 0 Å². The molecule has 0 aromatic rings. The standard InChI is InChI=1S/C14H30O2/c1-6-10-12(5)11-13(15)14(7-2,8-3)16-9-4/h12-13,15H,6-11H2,1-5H3. The summed E-state index contributed by atoms with van der Waals surface area (Å²) < 4.78 is 5.82. The van der Waals surface area contributed by atoms with Crippen molar-refractivity contribution in [2.75, 3.05) is 6.61 Å². The first-order valence-electron chi connectivity index (χ1n) is 6.88. The molecule has 2 nitrogen and oxygen atoms in total. The predicted octanol–water partition coefficient (Wildman–Crippen LogP) is 3.77. The lowest BCUT2D eigenvalue weighted by Gasteiger charge is -2.37. The van der Waals surface area contributed by atoms with Crippen molar-refractivity contribution in [3.63, 3.8) is 0 Å². The van der Waals surface area contributed by atoms with Gasteiger partial charge in [-0.05, 0) is 32.1 Å². The summed E-state index contributed by atoms with van der Waals surface area (Å²) in [7, 11) is 0. The summed E-state index contributed by atoms with van der Waals surface area (Å²) in [5.41, 5.74) is -0.323. The second kappa shape index (κ2) is 8.08. The first kappa shape index (κ1) is 15.9. The van der Waals surface area contributed by atoms with Gasteiger partial charge in [-0.3, -0.25) is 0 Å². The molecule has 0 aromatic carbocycles. The molecule has 0 spiro atoms. The Kier molecular flexibility index (Phi) is 8.04. The number of aliphatic hydroxyl groups is 1. The first-order valence-corrected chi connectivity index (χ1v) is 6.88. The first-order chi connectivity index (χ1) is 7.56. The van der Waals surface area contributed by atoms with Crippen LogP contribution in [-0.2, 0) is 4.74 Å². The molecule has 1 N–H and O–H groups in total. The van der Waals surface area contributed by atoms with E-state index in [-0.39, 0.29) is 11.7 Å². The van der Waals surface area contributed by atoms with E-state index in [1.54, 1.807) is 0 Å². The normalized spacial score (nSPS) is 16.1. The highest BCUT2D eigenvalue weighted by Gasteiger charge is 2.35. The second-order valence-corrected chi connectivity index (χ2v) is 4.85. The van der Waals surface area contributed by atoms with Crippen LogP contribution in [0.25, 0.3) is 0 Å². The van der Waals surface area contributed by atoms with Gasteiger partial charge in [0.2, 0.25) is 0 Å². The Bertz CT molecular complexity index is 164.